The van der Waals surface area contributed by atoms with E-state index in [1.54, 1.807) is 6.07 Å². The molecule has 0 atom stereocenters. The van der Waals surface area contributed by atoms with Crippen LogP contribution in [-0.4, -0.2) is 23.1 Å². The van der Waals surface area contributed by atoms with Gasteiger partial charge in [0.15, 0.2) is 5.78 Å². The molecule has 0 saturated heterocycles. The lowest BCUT2D eigenvalue weighted by atomic mass is 10.1. The summed E-state index contributed by atoms with van der Waals surface area (Å²) in [7, 11) is 0. The number of aliphatic carboxylic acids is 1. The van der Waals surface area contributed by atoms with E-state index in [1.807, 2.05) is 25.3 Å². The average Bonchev–Trinajstić information content (AvgIpc) is 2.25. The molecule has 3 nitrogen and oxygen atoms in total. The summed E-state index contributed by atoms with van der Waals surface area (Å²) < 4.78 is 0. The summed E-state index contributed by atoms with van der Waals surface area (Å²) in [5.74, 6) is -1.04. The van der Waals surface area contributed by atoms with Gasteiger partial charge in [0, 0.05) is 16.9 Å². The zero-order chi connectivity index (χ0) is 12.1. The second kappa shape index (κ2) is 5.70. The molecule has 0 spiro atoms. The van der Waals surface area contributed by atoms with Crippen LogP contribution in [0.25, 0.3) is 0 Å². The number of ketones is 1. The molecule has 0 aliphatic carbocycles. The van der Waals surface area contributed by atoms with Gasteiger partial charge in [-0.1, -0.05) is 12.1 Å². The molecule has 16 heavy (non-hydrogen) atoms. The molecule has 0 saturated carbocycles. The molecule has 4 heteroatoms. The molecule has 0 bridgehead atoms. The van der Waals surface area contributed by atoms with E-state index in [-0.39, 0.29) is 18.6 Å². The van der Waals surface area contributed by atoms with Crippen molar-refractivity contribution in [1.82, 2.24) is 0 Å². The standard InChI is InChI=1S/C12H14O3S/c1-8-3-4-9(11(7-8)16-2)10(13)5-6-12(14)15/h3-4,7H,5-6H2,1-2H3,(H,14,15). The lowest BCUT2D eigenvalue weighted by Crippen LogP contribution is -2.05. The quantitative estimate of drug-likeness (QED) is 0.633. The van der Waals surface area contributed by atoms with Crippen molar-refractivity contribution in [2.45, 2.75) is 24.7 Å². The molecule has 0 aromatic heterocycles. The Morgan fingerprint density at radius 2 is 2.00 bits per heavy atom. The number of hydrogen-bond acceptors (Lipinski definition) is 3. The van der Waals surface area contributed by atoms with Gasteiger partial charge in [0.05, 0.1) is 6.42 Å². The van der Waals surface area contributed by atoms with Crippen LogP contribution in [0, 0.1) is 6.92 Å². The highest BCUT2D eigenvalue weighted by atomic mass is 32.2. The molecule has 0 unspecified atom stereocenters. The van der Waals surface area contributed by atoms with E-state index in [0.717, 1.165) is 10.5 Å². The predicted octanol–water partition coefficient (Wildman–Crippen LogP) is 2.76. The summed E-state index contributed by atoms with van der Waals surface area (Å²) in [6, 6.07) is 5.58. The van der Waals surface area contributed by atoms with Gasteiger partial charge in [-0.15, -0.1) is 11.8 Å². The minimum atomic E-state index is -0.939. The SMILES string of the molecule is CSc1cc(C)ccc1C(=O)CCC(=O)O. The van der Waals surface area contributed by atoms with Crippen molar-refractivity contribution in [2.24, 2.45) is 0 Å². The molecule has 1 aromatic rings. The first-order valence-electron chi connectivity index (χ1n) is 4.94. The fourth-order valence-corrected chi connectivity index (χ4v) is 2.09. The molecule has 86 valence electrons. The number of carboxylic acids is 1. The number of hydrogen-bond donors (Lipinski definition) is 1. The van der Waals surface area contributed by atoms with Gasteiger partial charge in [-0.3, -0.25) is 9.59 Å². The summed E-state index contributed by atoms with van der Waals surface area (Å²) in [4.78, 5) is 23.1. The van der Waals surface area contributed by atoms with Crippen molar-refractivity contribution < 1.29 is 14.7 Å². The number of carbonyl (C=O) groups is 2. The Hall–Kier alpha value is -1.29. The van der Waals surface area contributed by atoms with Gasteiger partial charge in [0.2, 0.25) is 0 Å². The Morgan fingerprint density at radius 1 is 1.31 bits per heavy atom. The van der Waals surface area contributed by atoms with E-state index in [1.165, 1.54) is 11.8 Å². The highest BCUT2D eigenvalue weighted by Crippen LogP contribution is 2.23. The molecule has 1 aromatic carbocycles. The molecule has 0 aliphatic rings. The third kappa shape index (κ3) is 3.38. The van der Waals surface area contributed by atoms with Crippen molar-refractivity contribution in [3.05, 3.63) is 29.3 Å². The fraction of sp³-hybridized carbons (Fsp3) is 0.333. The van der Waals surface area contributed by atoms with Crippen molar-refractivity contribution in [1.29, 1.82) is 0 Å². The summed E-state index contributed by atoms with van der Waals surface area (Å²) >= 11 is 1.50. The second-order valence-electron chi connectivity index (χ2n) is 3.52. The van der Waals surface area contributed by atoms with Gasteiger partial charge in [-0.05, 0) is 24.8 Å². The molecule has 0 amide bonds. The predicted molar refractivity (Wildman–Crippen MR) is 64.2 cm³/mol. The number of Topliss-reactive ketones (excluding diaryl/α,β-unsaturated/α-hetero) is 1. The van der Waals surface area contributed by atoms with Crippen LogP contribution >= 0.6 is 11.8 Å². The summed E-state index contributed by atoms with van der Waals surface area (Å²) in [6.45, 7) is 1.96. The third-order valence-electron chi connectivity index (χ3n) is 2.22. The van der Waals surface area contributed by atoms with Crippen molar-refractivity contribution in [3.8, 4) is 0 Å². The number of rotatable bonds is 5. The van der Waals surface area contributed by atoms with E-state index >= 15 is 0 Å². The number of benzene rings is 1. The molecular weight excluding hydrogens is 224 g/mol. The number of carbonyl (C=O) groups excluding carboxylic acids is 1. The van der Waals surface area contributed by atoms with Crippen LogP contribution in [-0.2, 0) is 4.79 Å². The fourth-order valence-electron chi connectivity index (χ4n) is 1.38. The minimum absolute atomic E-state index is 0.0615. The number of aryl methyl sites for hydroxylation is 1. The van der Waals surface area contributed by atoms with E-state index < -0.39 is 5.97 Å². The highest BCUT2D eigenvalue weighted by Gasteiger charge is 2.12. The first-order chi connectivity index (χ1) is 7.54. The van der Waals surface area contributed by atoms with Gasteiger partial charge in [0.1, 0.15) is 0 Å². The van der Waals surface area contributed by atoms with Crippen LogP contribution in [0.3, 0.4) is 0 Å². The Kier molecular flexibility index (Phi) is 4.55. The Bertz CT molecular complexity index is 413. The maximum Gasteiger partial charge on any atom is 0.303 e. The summed E-state index contributed by atoms with van der Waals surface area (Å²) in [6.07, 6.45) is 1.86. The van der Waals surface area contributed by atoms with Gasteiger partial charge in [-0.2, -0.15) is 0 Å². The van der Waals surface area contributed by atoms with E-state index in [2.05, 4.69) is 0 Å². The van der Waals surface area contributed by atoms with Crippen LogP contribution in [0.4, 0.5) is 0 Å². The average molecular weight is 238 g/mol. The van der Waals surface area contributed by atoms with E-state index in [0.29, 0.717) is 5.56 Å². The largest absolute Gasteiger partial charge is 0.481 e. The highest BCUT2D eigenvalue weighted by molar-refractivity contribution is 7.98. The maximum absolute atomic E-state index is 11.8. The molecule has 0 heterocycles. The normalized spacial score (nSPS) is 10.1. The zero-order valence-corrected chi connectivity index (χ0v) is 10.1. The van der Waals surface area contributed by atoms with Crippen molar-refractivity contribution in [3.63, 3.8) is 0 Å². The summed E-state index contributed by atoms with van der Waals surface area (Å²) in [5.41, 5.74) is 1.72. The first-order valence-corrected chi connectivity index (χ1v) is 6.16. The zero-order valence-electron chi connectivity index (χ0n) is 9.32. The van der Waals surface area contributed by atoms with Crippen LogP contribution in [0.5, 0.6) is 0 Å². The van der Waals surface area contributed by atoms with Crippen LogP contribution < -0.4 is 0 Å². The number of carboxylic acid groups (broad SMARTS) is 1. The Labute approximate surface area is 98.9 Å². The van der Waals surface area contributed by atoms with Gasteiger partial charge >= 0.3 is 5.97 Å². The van der Waals surface area contributed by atoms with Crippen molar-refractivity contribution >= 4 is 23.5 Å². The molecule has 0 fully saturated rings. The minimum Gasteiger partial charge on any atom is -0.481 e. The third-order valence-corrected chi connectivity index (χ3v) is 3.00. The van der Waals surface area contributed by atoms with Gasteiger partial charge in [-0.25, -0.2) is 0 Å². The van der Waals surface area contributed by atoms with Gasteiger partial charge in [0.25, 0.3) is 0 Å². The topological polar surface area (TPSA) is 54.4 Å². The van der Waals surface area contributed by atoms with Crippen LogP contribution in [0.2, 0.25) is 0 Å². The van der Waals surface area contributed by atoms with Crippen LogP contribution in [0.1, 0.15) is 28.8 Å². The van der Waals surface area contributed by atoms with Crippen molar-refractivity contribution in [2.75, 3.05) is 6.26 Å². The Morgan fingerprint density at radius 3 is 2.56 bits per heavy atom. The Balaban J connectivity index is 2.86. The molecule has 1 N–H and O–H groups in total. The smallest absolute Gasteiger partial charge is 0.303 e. The maximum atomic E-state index is 11.8. The lowest BCUT2D eigenvalue weighted by Gasteiger charge is -2.06. The lowest BCUT2D eigenvalue weighted by molar-refractivity contribution is -0.136. The van der Waals surface area contributed by atoms with E-state index in [9.17, 15) is 9.59 Å². The monoisotopic (exact) mass is 238 g/mol. The molecular formula is C12H14O3S. The second-order valence-corrected chi connectivity index (χ2v) is 4.37. The number of thioether (sulfide) groups is 1. The van der Waals surface area contributed by atoms with Gasteiger partial charge < -0.3 is 5.11 Å². The molecule has 1 rings (SSSR count). The van der Waals surface area contributed by atoms with Crippen LogP contribution in [0.15, 0.2) is 23.1 Å². The summed E-state index contributed by atoms with van der Waals surface area (Å²) in [5, 5.41) is 8.52. The molecule has 0 aliphatic heterocycles. The molecule has 0 radical (unpaired) electrons. The van der Waals surface area contributed by atoms with E-state index in [4.69, 9.17) is 5.11 Å². The first kappa shape index (κ1) is 12.8.